The highest BCUT2D eigenvalue weighted by molar-refractivity contribution is 7.18. The van der Waals surface area contributed by atoms with E-state index in [0.717, 1.165) is 29.0 Å². The second-order valence-corrected chi connectivity index (χ2v) is 5.11. The molecule has 5 nitrogen and oxygen atoms in total. The Morgan fingerprint density at radius 3 is 2.78 bits per heavy atom. The van der Waals surface area contributed by atoms with E-state index in [2.05, 4.69) is 23.0 Å². The number of aliphatic hydroxyl groups is 1. The maximum absolute atomic E-state index is 9.11. The first-order valence-corrected chi connectivity index (χ1v) is 6.93. The number of thiophene rings is 1. The number of fused-ring (bicyclic) bond motifs is 1. The highest BCUT2D eigenvalue weighted by Gasteiger charge is 2.14. The van der Waals surface area contributed by atoms with Gasteiger partial charge in [-0.1, -0.05) is 6.92 Å². The molecule has 2 aromatic rings. The van der Waals surface area contributed by atoms with Crippen molar-refractivity contribution in [2.75, 3.05) is 30.3 Å². The molecule has 0 aromatic carbocycles. The number of rotatable bonds is 5. The van der Waals surface area contributed by atoms with Crippen LogP contribution >= 0.6 is 11.3 Å². The molecule has 18 heavy (non-hydrogen) atoms. The summed E-state index contributed by atoms with van der Waals surface area (Å²) in [6.07, 6.45) is 0.979. The standard InChI is InChI=1S/C12H18N4OS/c1-3-8-7-9-10(16(4-2)5-6-17)14-12(13)15-11(9)18-8/h7,17H,3-6H2,1-2H3,(H2,13,14,15). The van der Waals surface area contributed by atoms with Crippen molar-refractivity contribution in [2.45, 2.75) is 20.3 Å². The van der Waals surface area contributed by atoms with Crippen LogP contribution in [0.2, 0.25) is 0 Å². The van der Waals surface area contributed by atoms with Gasteiger partial charge in [0.15, 0.2) is 0 Å². The number of likely N-dealkylation sites (N-methyl/N-ethyl adjacent to an activating group) is 1. The number of aryl methyl sites for hydroxylation is 1. The fourth-order valence-electron chi connectivity index (χ4n) is 1.92. The van der Waals surface area contributed by atoms with Gasteiger partial charge in [-0.25, -0.2) is 4.98 Å². The molecule has 0 aliphatic carbocycles. The zero-order valence-electron chi connectivity index (χ0n) is 10.7. The summed E-state index contributed by atoms with van der Waals surface area (Å²) in [5.41, 5.74) is 5.76. The summed E-state index contributed by atoms with van der Waals surface area (Å²) in [4.78, 5) is 12.8. The van der Waals surface area contributed by atoms with E-state index < -0.39 is 0 Å². The number of aromatic nitrogens is 2. The third-order valence-corrected chi connectivity index (χ3v) is 4.01. The maximum atomic E-state index is 9.11. The first-order valence-electron chi connectivity index (χ1n) is 6.11. The van der Waals surface area contributed by atoms with Crippen LogP contribution in [0.4, 0.5) is 11.8 Å². The van der Waals surface area contributed by atoms with E-state index in [-0.39, 0.29) is 6.61 Å². The Balaban J connectivity index is 2.56. The normalized spacial score (nSPS) is 11.1. The van der Waals surface area contributed by atoms with Crippen molar-refractivity contribution >= 4 is 33.3 Å². The monoisotopic (exact) mass is 266 g/mol. The van der Waals surface area contributed by atoms with Crippen molar-refractivity contribution in [3.05, 3.63) is 10.9 Å². The summed E-state index contributed by atoms with van der Waals surface area (Å²) < 4.78 is 0. The molecule has 0 saturated carbocycles. The first-order chi connectivity index (χ1) is 8.69. The molecule has 0 radical (unpaired) electrons. The van der Waals surface area contributed by atoms with Crippen molar-refractivity contribution < 1.29 is 5.11 Å². The van der Waals surface area contributed by atoms with Crippen LogP contribution in [-0.4, -0.2) is 34.8 Å². The van der Waals surface area contributed by atoms with Gasteiger partial charge in [0.2, 0.25) is 5.95 Å². The van der Waals surface area contributed by atoms with Crippen molar-refractivity contribution in [2.24, 2.45) is 0 Å². The Bertz CT molecular complexity index is 540. The molecule has 0 aliphatic rings. The van der Waals surface area contributed by atoms with Crippen LogP contribution in [0.25, 0.3) is 10.2 Å². The van der Waals surface area contributed by atoms with Crippen LogP contribution < -0.4 is 10.6 Å². The van der Waals surface area contributed by atoms with Crippen LogP contribution in [0.1, 0.15) is 18.7 Å². The topological polar surface area (TPSA) is 75.3 Å². The molecule has 0 unspecified atom stereocenters. The summed E-state index contributed by atoms with van der Waals surface area (Å²) in [5.74, 6) is 1.11. The molecular weight excluding hydrogens is 248 g/mol. The van der Waals surface area contributed by atoms with Gasteiger partial charge in [0.05, 0.1) is 12.0 Å². The molecule has 3 N–H and O–H groups in total. The number of aliphatic hydroxyl groups excluding tert-OH is 1. The minimum Gasteiger partial charge on any atom is -0.395 e. The van der Waals surface area contributed by atoms with E-state index in [1.807, 2.05) is 11.8 Å². The summed E-state index contributed by atoms with van der Waals surface area (Å²) >= 11 is 1.65. The maximum Gasteiger partial charge on any atom is 0.223 e. The average molecular weight is 266 g/mol. The third-order valence-electron chi connectivity index (χ3n) is 2.84. The van der Waals surface area contributed by atoms with Crippen LogP contribution in [0, 0.1) is 0 Å². The van der Waals surface area contributed by atoms with E-state index in [1.54, 1.807) is 11.3 Å². The van der Waals surface area contributed by atoms with E-state index in [1.165, 1.54) is 4.88 Å². The summed E-state index contributed by atoms with van der Waals surface area (Å²) in [7, 11) is 0. The Labute approximate surface area is 110 Å². The summed E-state index contributed by atoms with van der Waals surface area (Å²) in [5, 5.41) is 10.1. The lowest BCUT2D eigenvalue weighted by Gasteiger charge is -2.21. The zero-order valence-corrected chi connectivity index (χ0v) is 11.5. The number of nitrogen functional groups attached to an aromatic ring is 1. The molecule has 2 rings (SSSR count). The SMILES string of the molecule is CCc1cc2c(N(CC)CCO)nc(N)nc2s1. The smallest absolute Gasteiger partial charge is 0.223 e. The van der Waals surface area contributed by atoms with E-state index in [0.29, 0.717) is 12.5 Å². The van der Waals surface area contributed by atoms with Crippen LogP contribution in [0.15, 0.2) is 6.07 Å². The second kappa shape index (κ2) is 5.49. The molecular formula is C12H18N4OS. The zero-order chi connectivity index (χ0) is 13.1. The van der Waals surface area contributed by atoms with Crippen molar-refractivity contribution in [1.82, 2.24) is 9.97 Å². The highest BCUT2D eigenvalue weighted by Crippen LogP contribution is 2.31. The fourth-order valence-corrected chi connectivity index (χ4v) is 2.89. The number of hydrogen-bond acceptors (Lipinski definition) is 6. The van der Waals surface area contributed by atoms with Gasteiger partial charge >= 0.3 is 0 Å². The predicted molar refractivity (Wildman–Crippen MR) is 76.2 cm³/mol. The minimum atomic E-state index is 0.101. The average Bonchev–Trinajstić information content (AvgIpc) is 2.77. The van der Waals surface area contributed by atoms with Crippen LogP contribution in [0.5, 0.6) is 0 Å². The molecule has 98 valence electrons. The Morgan fingerprint density at radius 2 is 2.17 bits per heavy atom. The van der Waals surface area contributed by atoms with Gasteiger partial charge in [-0.05, 0) is 19.4 Å². The predicted octanol–water partition coefficient (Wildman–Crippen LogP) is 1.65. The van der Waals surface area contributed by atoms with Crippen molar-refractivity contribution in [1.29, 1.82) is 0 Å². The Kier molecular flexibility index (Phi) is 3.98. The van der Waals surface area contributed by atoms with Crippen molar-refractivity contribution in [3.63, 3.8) is 0 Å². The number of hydrogen-bond donors (Lipinski definition) is 2. The summed E-state index contributed by atoms with van der Waals surface area (Å²) in [6.45, 7) is 5.59. The number of anilines is 2. The molecule has 0 atom stereocenters. The van der Waals surface area contributed by atoms with Gasteiger partial charge in [0.1, 0.15) is 10.6 Å². The van der Waals surface area contributed by atoms with Crippen LogP contribution in [0.3, 0.4) is 0 Å². The molecule has 6 heteroatoms. The van der Waals surface area contributed by atoms with Gasteiger partial charge in [0, 0.05) is 18.0 Å². The van der Waals surface area contributed by atoms with Gasteiger partial charge in [-0.3, -0.25) is 0 Å². The highest BCUT2D eigenvalue weighted by atomic mass is 32.1. The molecule has 0 bridgehead atoms. The molecule has 0 spiro atoms. The number of nitrogens with two attached hydrogens (primary N) is 1. The molecule has 2 aromatic heterocycles. The molecule has 0 aliphatic heterocycles. The first kappa shape index (κ1) is 13.0. The molecule has 0 amide bonds. The molecule has 0 saturated heterocycles. The lowest BCUT2D eigenvalue weighted by atomic mass is 10.3. The van der Waals surface area contributed by atoms with Gasteiger partial charge in [0.25, 0.3) is 0 Å². The second-order valence-electron chi connectivity index (χ2n) is 3.99. The van der Waals surface area contributed by atoms with Crippen molar-refractivity contribution in [3.8, 4) is 0 Å². The lowest BCUT2D eigenvalue weighted by Crippen LogP contribution is -2.27. The van der Waals surface area contributed by atoms with Gasteiger partial charge in [-0.15, -0.1) is 11.3 Å². The van der Waals surface area contributed by atoms with Crippen LogP contribution in [-0.2, 0) is 6.42 Å². The Morgan fingerprint density at radius 1 is 1.39 bits per heavy atom. The fraction of sp³-hybridized carbons (Fsp3) is 0.500. The van der Waals surface area contributed by atoms with E-state index >= 15 is 0 Å². The Hall–Kier alpha value is -1.40. The van der Waals surface area contributed by atoms with E-state index in [4.69, 9.17) is 10.8 Å². The largest absolute Gasteiger partial charge is 0.395 e. The molecule has 2 heterocycles. The lowest BCUT2D eigenvalue weighted by molar-refractivity contribution is 0.302. The minimum absolute atomic E-state index is 0.101. The summed E-state index contributed by atoms with van der Waals surface area (Å²) in [6, 6.07) is 2.12. The quantitative estimate of drug-likeness (QED) is 0.860. The van der Waals surface area contributed by atoms with Gasteiger partial charge in [-0.2, -0.15) is 4.98 Å². The van der Waals surface area contributed by atoms with E-state index in [9.17, 15) is 0 Å². The molecule has 0 fully saturated rings. The third kappa shape index (κ3) is 2.39. The van der Waals surface area contributed by atoms with Gasteiger partial charge < -0.3 is 15.7 Å². The number of nitrogens with zero attached hydrogens (tertiary/aromatic N) is 3.